The summed E-state index contributed by atoms with van der Waals surface area (Å²) in [4.78, 5) is 22.2. The average Bonchev–Trinajstić information content (AvgIpc) is 2.75. The van der Waals surface area contributed by atoms with Crippen LogP contribution in [0.15, 0.2) is 42.9 Å². The fourth-order valence-corrected chi connectivity index (χ4v) is 2.86. The van der Waals surface area contributed by atoms with E-state index in [-0.39, 0.29) is 18.0 Å². The summed E-state index contributed by atoms with van der Waals surface area (Å²) in [5, 5.41) is 3.46. The molecule has 1 aliphatic heterocycles. The van der Waals surface area contributed by atoms with Crippen LogP contribution in [0, 0.1) is 6.92 Å². The van der Waals surface area contributed by atoms with Gasteiger partial charge in [-0.2, -0.15) is 0 Å². The van der Waals surface area contributed by atoms with Gasteiger partial charge in [-0.1, -0.05) is 6.07 Å². The molecule has 0 saturated carbocycles. The molecule has 0 aliphatic carbocycles. The van der Waals surface area contributed by atoms with E-state index in [9.17, 15) is 4.79 Å². The molecule has 0 unspecified atom stereocenters. The third-order valence-electron chi connectivity index (χ3n) is 3.86. The molecule has 2 aromatic heterocycles. The largest absolute Gasteiger partial charge is 0.379 e. The molecule has 2 atom stereocenters. The summed E-state index contributed by atoms with van der Waals surface area (Å²) in [6.45, 7) is 1.95. The lowest BCUT2D eigenvalue weighted by Gasteiger charge is -2.26. The maximum Gasteiger partial charge on any atom is 0.225 e. The molecular formula is C16H18N4O. The Labute approximate surface area is 124 Å². The van der Waals surface area contributed by atoms with Crippen LogP contribution in [0.1, 0.15) is 23.7 Å². The van der Waals surface area contributed by atoms with Gasteiger partial charge >= 0.3 is 0 Å². The minimum atomic E-state index is -0.000304. The molecule has 5 heteroatoms. The fraction of sp³-hybridized carbons (Fsp3) is 0.312. The second-order valence-corrected chi connectivity index (χ2v) is 5.38. The Hall–Kier alpha value is -2.43. The SMILES string of the molecule is Cc1cc(N[C@@H]2CC(=O)N(C)[C@H]2c2cccnc2)ccn1. The Bertz CT molecular complexity index is 644. The van der Waals surface area contributed by atoms with Gasteiger partial charge in [0.1, 0.15) is 0 Å². The summed E-state index contributed by atoms with van der Waals surface area (Å²) >= 11 is 0. The van der Waals surface area contributed by atoms with E-state index in [1.807, 2.05) is 44.4 Å². The highest BCUT2D eigenvalue weighted by atomic mass is 16.2. The van der Waals surface area contributed by atoms with Crippen LogP contribution in [0.25, 0.3) is 0 Å². The zero-order valence-electron chi connectivity index (χ0n) is 12.2. The topological polar surface area (TPSA) is 58.1 Å². The molecule has 0 radical (unpaired) electrons. The molecule has 0 bridgehead atoms. The number of pyridine rings is 2. The first kappa shape index (κ1) is 13.5. The summed E-state index contributed by atoms with van der Waals surface area (Å²) in [6, 6.07) is 7.87. The number of rotatable bonds is 3. The smallest absolute Gasteiger partial charge is 0.225 e. The second kappa shape index (κ2) is 5.52. The van der Waals surface area contributed by atoms with Crippen molar-refractivity contribution in [2.75, 3.05) is 12.4 Å². The number of hydrogen-bond acceptors (Lipinski definition) is 4. The van der Waals surface area contributed by atoms with Crippen LogP contribution in [-0.2, 0) is 4.79 Å². The van der Waals surface area contributed by atoms with Crippen LogP contribution in [-0.4, -0.2) is 33.9 Å². The van der Waals surface area contributed by atoms with Crippen LogP contribution in [0.3, 0.4) is 0 Å². The molecule has 0 spiro atoms. The molecule has 3 rings (SSSR count). The van der Waals surface area contributed by atoms with Gasteiger partial charge in [0.05, 0.1) is 12.1 Å². The number of aryl methyl sites for hydroxylation is 1. The predicted octanol–water partition coefficient (Wildman–Crippen LogP) is 2.17. The van der Waals surface area contributed by atoms with Crippen molar-refractivity contribution in [1.29, 1.82) is 0 Å². The van der Waals surface area contributed by atoms with Gasteiger partial charge in [-0.05, 0) is 30.7 Å². The number of carbonyl (C=O) groups is 1. The van der Waals surface area contributed by atoms with Crippen molar-refractivity contribution in [2.45, 2.75) is 25.4 Å². The van der Waals surface area contributed by atoms with Crippen LogP contribution in [0.4, 0.5) is 5.69 Å². The Morgan fingerprint density at radius 1 is 1.33 bits per heavy atom. The highest BCUT2D eigenvalue weighted by Gasteiger charge is 2.38. The summed E-state index contributed by atoms with van der Waals surface area (Å²) < 4.78 is 0. The number of aromatic nitrogens is 2. The van der Waals surface area contributed by atoms with Gasteiger partial charge in [0.2, 0.25) is 5.91 Å². The molecule has 3 heterocycles. The molecule has 1 fully saturated rings. The second-order valence-electron chi connectivity index (χ2n) is 5.38. The maximum atomic E-state index is 12.1. The zero-order chi connectivity index (χ0) is 14.8. The quantitative estimate of drug-likeness (QED) is 0.937. The lowest BCUT2D eigenvalue weighted by Crippen LogP contribution is -2.29. The highest BCUT2D eigenvalue weighted by molar-refractivity contribution is 5.81. The molecule has 21 heavy (non-hydrogen) atoms. The van der Waals surface area contributed by atoms with Gasteiger partial charge < -0.3 is 10.2 Å². The van der Waals surface area contributed by atoms with Crippen LogP contribution < -0.4 is 5.32 Å². The number of nitrogens with zero attached hydrogens (tertiary/aromatic N) is 3. The number of hydrogen-bond donors (Lipinski definition) is 1. The summed E-state index contributed by atoms with van der Waals surface area (Å²) in [7, 11) is 1.85. The van der Waals surface area contributed by atoms with Crippen molar-refractivity contribution in [2.24, 2.45) is 0 Å². The van der Waals surface area contributed by atoms with Gasteiger partial charge in [0.25, 0.3) is 0 Å². The van der Waals surface area contributed by atoms with Crippen molar-refractivity contribution >= 4 is 11.6 Å². The van der Waals surface area contributed by atoms with Gasteiger partial charge in [-0.3, -0.25) is 14.8 Å². The Morgan fingerprint density at radius 2 is 2.19 bits per heavy atom. The molecular weight excluding hydrogens is 264 g/mol. The first-order chi connectivity index (χ1) is 10.1. The van der Waals surface area contributed by atoms with E-state index in [0.29, 0.717) is 6.42 Å². The van der Waals surface area contributed by atoms with Crippen LogP contribution >= 0.6 is 0 Å². The minimum Gasteiger partial charge on any atom is -0.379 e. The number of nitrogens with one attached hydrogen (secondary N) is 1. The van der Waals surface area contributed by atoms with Crippen molar-refractivity contribution < 1.29 is 4.79 Å². The van der Waals surface area contributed by atoms with Crippen molar-refractivity contribution in [3.8, 4) is 0 Å². The van der Waals surface area contributed by atoms with Gasteiger partial charge in [-0.25, -0.2) is 0 Å². The molecule has 1 N–H and O–H groups in total. The summed E-state index contributed by atoms with van der Waals surface area (Å²) in [6.07, 6.45) is 5.83. The standard InChI is InChI=1S/C16H18N4O/c1-11-8-13(5-7-18-11)19-14-9-15(21)20(2)16(14)12-4-3-6-17-10-12/h3-8,10,14,16H,9H2,1-2H3,(H,18,19)/t14-,16+/m1/s1. The fourth-order valence-electron chi connectivity index (χ4n) is 2.86. The highest BCUT2D eigenvalue weighted by Crippen LogP contribution is 2.33. The number of carbonyl (C=O) groups excluding carboxylic acids is 1. The van der Waals surface area contributed by atoms with Crippen molar-refractivity contribution in [3.05, 3.63) is 54.1 Å². The third kappa shape index (κ3) is 2.72. The van der Waals surface area contributed by atoms with E-state index in [0.717, 1.165) is 16.9 Å². The van der Waals surface area contributed by atoms with Gasteiger partial charge in [0.15, 0.2) is 0 Å². The lowest BCUT2D eigenvalue weighted by atomic mass is 10.0. The predicted molar refractivity (Wildman–Crippen MR) is 80.7 cm³/mol. The lowest BCUT2D eigenvalue weighted by molar-refractivity contribution is -0.127. The number of likely N-dealkylation sites (N-methyl/N-ethyl adjacent to an activating group) is 1. The number of anilines is 1. The first-order valence-electron chi connectivity index (χ1n) is 7.00. The Kier molecular flexibility index (Phi) is 3.56. The average molecular weight is 282 g/mol. The van der Waals surface area contributed by atoms with E-state index in [1.54, 1.807) is 17.3 Å². The Morgan fingerprint density at radius 3 is 2.90 bits per heavy atom. The molecule has 1 saturated heterocycles. The molecule has 108 valence electrons. The van der Waals surface area contributed by atoms with Gasteiger partial charge in [0, 0.05) is 43.4 Å². The minimum absolute atomic E-state index is 0.000304. The van der Waals surface area contributed by atoms with E-state index in [2.05, 4.69) is 15.3 Å². The summed E-state index contributed by atoms with van der Waals surface area (Å²) in [5.74, 6) is 0.145. The normalized spacial score (nSPS) is 21.6. The molecule has 5 nitrogen and oxygen atoms in total. The number of amides is 1. The van der Waals surface area contributed by atoms with Crippen molar-refractivity contribution in [3.63, 3.8) is 0 Å². The van der Waals surface area contributed by atoms with E-state index in [4.69, 9.17) is 0 Å². The van der Waals surface area contributed by atoms with Crippen molar-refractivity contribution in [1.82, 2.24) is 14.9 Å². The van der Waals surface area contributed by atoms with Crippen LogP contribution in [0.2, 0.25) is 0 Å². The molecule has 1 aliphatic rings. The molecule has 1 amide bonds. The third-order valence-corrected chi connectivity index (χ3v) is 3.86. The van der Waals surface area contributed by atoms with Gasteiger partial charge in [-0.15, -0.1) is 0 Å². The zero-order valence-corrected chi connectivity index (χ0v) is 12.2. The van der Waals surface area contributed by atoms with E-state index < -0.39 is 0 Å². The first-order valence-corrected chi connectivity index (χ1v) is 7.00. The maximum absolute atomic E-state index is 12.1. The molecule has 0 aromatic carbocycles. The summed E-state index contributed by atoms with van der Waals surface area (Å²) in [5.41, 5.74) is 2.99. The molecule has 2 aromatic rings. The van der Waals surface area contributed by atoms with E-state index in [1.165, 1.54) is 0 Å². The van der Waals surface area contributed by atoms with E-state index >= 15 is 0 Å². The van der Waals surface area contributed by atoms with Crippen LogP contribution in [0.5, 0.6) is 0 Å². The number of likely N-dealkylation sites (tertiary alicyclic amines) is 1. The Balaban J connectivity index is 1.87. The monoisotopic (exact) mass is 282 g/mol.